The molecule has 2 aromatic rings. The Hall–Kier alpha value is -1.80. The van der Waals surface area contributed by atoms with Gasteiger partial charge in [0.2, 0.25) is 5.91 Å². The van der Waals surface area contributed by atoms with E-state index in [0.717, 1.165) is 24.9 Å². The lowest BCUT2D eigenvalue weighted by Crippen LogP contribution is -2.32. The minimum absolute atomic E-state index is 0.202. The molecule has 0 aromatic heterocycles. The Morgan fingerprint density at radius 3 is 2.64 bits per heavy atom. The highest BCUT2D eigenvalue weighted by Crippen LogP contribution is 2.34. The molecule has 0 spiro atoms. The summed E-state index contributed by atoms with van der Waals surface area (Å²) in [7, 11) is 0. The van der Waals surface area contributed by atoms with Crippen LogP contribution in [0.15, 0.2) is 48.5 Å². The molecule has 1 amide bonds. The molecule has 0 unspecified atom stereocenters. The van der Waals surface area contributed by atoms with Crippen LogP contribution in [0.3, 0.4) is 0 Å². The molecule has 0 N–H and O–H groups in total. The SMILES string of the molecule is Cc1ccccc1[C@H]1CCCN1C(=O)Cc1ccc(Cl)cc1. The van der Waals surface area contributed by atoms with Gasteiger partial charge in [-0.25, -0.2) is 0 Å². The molecule has 0 radical (unpaired) electrons. The van der Waals surface area contributed by atoms with Crippen molar-refractivity contribution in [2.24, 2.45) is 0 Å². The van der Waals surface area contributed by atoms with Gasteiger partial charge in [0.15, 0.2) is 0 Å². The standard InChI is InChI=1S/C19H20ClNO/c1-14-5-2-3-6-17(14)18-7-4-12-21(18)19(22)13-15-8-10-16(20)11-9-15/h2-3,5-6,8-11,18H,4,7,12-13H2,1H3/t18-/m1/s1. The first-order valence-corrected chi connectivity index (χ1v) is 8.12. The van der Waals surface area contributed by atoms with Gasteiger partial charge in [-0.15, -0.1) is 0 Å². The summed E-state index contributed by atoms with van der Waals surface area (Å²) in [6, 6.07) is 16.1. The number of aryl methyl sites for hydroxylation is 1. The molecule has 1 aliphatic heterocycles. The topological polar surface area (TPSA) is 20.3 Å². The number of carbonyl (C=O) groups excluding carboxylic acids is 1. The first kappa shape index (κ1) is 15.1. The second kappa shape index (κ2) is 6.53. The maximum absolute atomic E-state index is 12.7. The van der Waals surface area contributed by atoms with Crippen LogP contribution >= 0.6 is 11.6 Å². The molecular formula is C19H20ClNO. The van der Waals surface area contributed by atoms with Crippen molar-refractivity contribution in [3.8, 4) is 0 Å². The zero-order valence-corrected chi connectivity index (χ0v) is 13.5. The van der Waals surface area contributed by atoms with E-state index in [9.17, 15) is 4.79 Å². The maximum Gasteiger partial charge on any atom is 0.227 e. The predicted octanol–water partition coefficient (Wildman–Crippen LogP) is 4.55. The molecule has 1 aliphatic rings. The Bertz CT molecular complexity index is 665. The van der Waals surface area contributed by atoms with Crippen molar-refractivity contribution in [3.63, 3.8) is 0 Å². The fourth-order valence-corrected chi connectivity index (χ4v) is 3.35. The number of nitrogens with zero attached hydrogens (tertiary/aromatic N) is 1. The van der Waals surface area contributed by atoms with Crippen LogP contribution in [0.2, 0.25) is 5.02 Å². The fourth-order valence-electron chi connectivity index (χ4n) is 3.23. The minimum atomic E-state index is 0.202. The van der Waals surface area contributed by atoms with E-state index in [0.29, 0.717) is 11.4 Å². The molecule has 1 heterocycles. The molecule has 1 saturated heterocycles. The van der Waals surface area contributed by atoms with Crippen LogP contribution in [0, 0.1) is 6.92 Å². The molecule has 2 aromatic carbocycles. The Labute approximate surface area is 136 Å². The van der Waals surface area contributed by atoms with E-state index in [1.807, 2.05) is 35.2 Å². The Morgan fingerprint density at radius 1 is 1.18 bits per heavy atom. The van der Waals surface area contributed by atoms with E-state index in [4.69, 9.17) is 11.6 Å². The number of halogens is 1. The lowest BCUT2D eigenvalue weighted by atomic mass is 9.99. The molecule has 0 bridgehead atoms. The van der Waals surface area contributed by atoms with Crippen LogP contribution in [0.25, 0.3) is 0 Å². The number of rotatable bonds is 3. The van der Waals surface area contributed by atoms with Crippen molar-refractivity contribution in [2.45, 2.75) is 32.2 Å². The summed E-state index contributed by atoms with van der Waals surface area (Å²) in [5.41, 5.74) is 3.56. The van der Waals surface area contributed by atoms with Gasteiger partial charge in [-0.3, -0.25) is 4.79 Å². The molecule has 22 heavy (non-hydrogen) atoms. The largest absolute Gasteiger partial charge is 0.335 e. The molecule has 1 atom stereocenters. The van der Waals surface area contributed by atoms with Crippen LogP contribution in [0.4, 0.5) is 0 Å². The summed E-state index contributed by atoms with van der Waals surface area (Å²) in [5, 5.41) is 0.704. The smallest absolute Gasteiger partial charge is 0.227 e. The quantitative estimate of drug-likeness (QED) is 0.813. The van der Waals surface area contributed by atoms with E-state index in [1.165, 1.54) is 11.1 Å². The average Bonchev–Trinajstić information content (AvgIpc) is 2.99. The third kappa shape index (κ3) is 3.17. The van der Waals surface area contributed by atoms with Crippen molar-refractivity contribution < 1.29 is 4.79 Å². The summed E-state index contributed by atoms with van der Waals surface area (Å²) in [6.07, 6.45) is 2.57. The zero-order chi connectivity index (χ0) is 15.5. The van der Waals surface area contributed by atoms with E-state index < -0.39 is 0 Å². The second-order valence-corrected chi connectivity index (χ2v) is 6.34. The summed E-state index contributed by atoms with van der Waals surface area (Å²) in [6.45, 7) is 2.97. The maximum atomic E-state index is 12.7. The average molecular weight is 314 g/mol. The number of hydrogen-bond acceptors (Lipinski definition) is 1. The molecule has 1 fully saturated rings. The van der Waals surface area contributed by atoms with Crippen molar-refractivity contribution in [1.82, 2.24) is 4.90 Å². The summed E-state index contributed by atoms with van der Waals surface area (Å²) >= 11 is 5.90. The lowest BCUT2D eigenvalue weighted by Gasteiger charge is -2.26. The molecule has 2 nitrogen and oxygen atoms in total. The minimum Gasteiger partial charge on any atom is -0.335 e. The number of amides is 1. The fraction of sp³-hybridized carbons (Fsp3) is 0.316. The lowest BCUT2D eigenvalue weighted by molar-refractivity contribution is -0.131. The van der Waals surface area contributed by atoms with Gasteiger partial charge in [-0.1, -0.05) is 48.0 Å². The van der Waals surface area contributed by atoms with E-state index in [1.54, 1.807) is 0 Å². The van der Waals surface area contributed by atoms with E-state index in [-0.39, 0.29) is 11.9 Å². The predicted molar refractivity (Wildman–Crippen MR) is 90.0 cm³/mol. The van der Waals surface area contributed by atoms with Crippen LogP contribution < -0.4 is 0 Å². The third-order valence-corrected chi connectivity index (χ3v) is 4.64. The molecular weight excluding hydrogens is 294 g/mol. The van der Waals surface area contributed by atoms with Crippen molar-refractivity contribution in [1.29, 1.82) is 0 Å². The van der Waals surface area contributed by atoms with Crippen molar-refractivity contribution >= 4 is 17.5 Å². The van der Waals surface area contributed by atoms with Crippen LogP contribution in [-0.2, 0) is 11.2 Å². The first-order chi connectivity index (χ1) is 10.6. The monoisotopic (exact) mass is 313 g/mol. The van der Waals surface area contributed by atoms with Crippen LogP contribution in [0.1, 0.15) is 35.6 Å². The van der Waals surface area contributed by atoms with Gasteiger partial charge < -0.3 is 4.90 Å². The summed E-state index contributed by atoms with van der Waals surface area (Å²) in [5.74, 6) is 0.202. The highest BCUT2D eigenvalue weighted by atomic mass is 35.5. The van der Waals surface area contributed by atoms with Gasteiger partial charge >= 0.3 is 0 Å². The van der Waals surface area contributed by atoms with Crippen LogP contribution in [0.5, 0.6) is 0 Å². The number of likely N-dealkylation sites (tertiary alicyclic amines) is 1. The summed E-state index contributed by atoms with van der Waals surface area (Å²) < 4.78 is 0. The number of carbonyl (C=O) groups is 1. The van der Waals surface area contributed by atoms with E-state index >= 15 is 0 Å². The molecule has 0 saturated carbocycles. The van der Waals surface area contributed by atoms with Gasteiger partial charge in [0.05, 0.1) is 12.5 Å². The molecule has 114 valence electrons. The molecule has 3 rings (SSSR count). The zero-order valence-electron chi connectivity index (χ0n) is 12.8. The number of hydrogen-bond donors (Lipinski definition) is 0. The van der Waals surface area contributed by atoms with Crippen LogP contribution in [-0.4, -0.2) is 17.4 Å². The molecule has 3 heteroatoms. The normalized spacial score (nSPS) is 17.7. The van der Waals surface area contributed by atoms with Gasteiger partial charge in [0.25, 0.3) is 0 Å². The van der Waals surface area contributed by atoms with Gasteiger partial charge in [-0.2, -0.15) is 0 Å². The van der Waals surface area contributed by atoms with Crippen molar-refractivity contribution in [2.75, 3.05) is 6.54 Å². The number of benzene rings is 2. The van der Waals surface area contributed by atoms with E-state index in [2.05, 4.69) is 25.1 Å². The highest BCUT2D eigenvalue weighted by Gasteiger charge is 2.30. The van der Waals surface area contributed by atoms with Gasteiger partial charge in [-0.05, 0) is 48.6 Å². The third-order valence-electron chi connectivity index (χ3n) is 4.39. The Kier molecular flexibility index (Phi) is 4.49. The van der Waals surface area contributed by atoms with Gasteiger partial charge in [0.1, 0.15) is 0 Å². The second-order valence-electron chi connectivity index (χ2n) is 5.90. The van der Waals surface area contributed by atoms with Crippen molar-refractivity contribution in [3.05, 3.63) is 70.2 Å². The first-order valence-electron chi connectivity index (χ1n) is 7.74. The highest BCUT2D eigenvalue weighted by molar-refractivity contribution is 6.30. The Balaban J connectivity index is 1.76. The Morgan fingerprint density at radius 2 is 1.91 bits per heavy atom. The van der Waals surface area contributed by atoms with Gasteiger partial charge in [0, 0.05) is 11.6 Å². The molecule has 0 aliphatic carbocycles. The summed E-state index contributed by atoms with van der Waals surface area (Å²) in [4.78, 5) is 14.7.